The molecule has 8 nitrogen and oxygen atoms in total. The van der Waals surface area contributed by atoms with E-state index in [1.54, 1.807) is 6.92 Å². The average Bonchev–Trinajstić information content (AvgIpc) is 3.19. The number of aromatic nitrogens is 2. The van der Waals surface area contributed by atoms with Crippen LogP contribution in [0.15, 0.2) is 12.3 Å². The van der Waals surface area contributed by atoms with E-state index in [9.17, 15) is 9.59 Å². The zero-order valence-electron chi connectivity index (χ0n) is 15.9. The van der Waals surface area contributed by atoms with E-state index in [0.29, 0.717) is 44.5 Å². The highest BCUT2D eigenvalue weighted by molar-refractivity contribution is 5.92. The standard InChI is InChI=1S/C19H28N4O4/c1-15(24)21-8-5-19(6-9-21)14-22(10-13-27-19)18(25)17-2-7-23(20-17)16-3-11-26-12-4-16/h2,7,16H,3-6,8-14H2,1H3. The van der Waals surface area contributed by atoms with Gasteiger partial charge in [-0.05, 0) is 31.7 Å². The van der Waals surface area contributed by atoms with Gasteiger partial charge in [0.25, 0.3) is 5.91 Å². The third-order valence-corrected chi connectivity index (χ3v) is 6.05. The molecule has 0 N–H and O–H groups in total. The van der Waals surface area contributed by atoms with E-state index in [1.807, 2.05) is 26.7 Å². The summed E-state index contributed by atoms with van der Waals surface area (Å²) in [5, 5.41) is 4.55. The fourth-order valence-corrected chi connectivity index (χ4v) is 4.32. The SMILES string of the molecule is CC(=O)N1CCC2(CC1)CN(C(=O)c1ccn(C3CCOCC3)n1)CCO2. The Balaban J connectivity index is 1.40. The maximum Gasteiger partial charge on any atom is 0.274 e. The first-order valence-corrected chi connectivity index (χ1v) is 9.88. The zero-order valence-corrected chi connectivity index (χ0v) is 15.9. The highest BCUT2D eigenvalue weighted by Gasteiger charge is 2.41. The molecule has 0 aliphatic carbocycles. The minimum absolute atomic E-state index is 0.0301. The first-order chi connectivity index (χ1) is 13.1. The van der Waals surface area contributed by atoms with Gasteiger partial charge >= 0.3 is 0 Å². The van der Waals surface area contributed by atoms with Crippen LogP contribution in [0.25, 0.3) is 0 Å². The number of ether oxygens (including phenoxy) is 2. The number of morpholine rings is 1. The van der Waals surface area contributed by atoms with Crippen LogP contribution in [0.4, 0.5) is 0 Å². The van der Waals surface area contributed by atoms with Crippen molar-refractivity contribution in [1.29, 1.82) is 0 Å². The molecule has 0 atom stereocenters. The Hall–Kier alpha value is -1.93. The van der Waals surface area contributed by atoms with Crippen LogP contribution in [-0.2, 0) is 14.3 Å². The lowest BCUT2D eigenvalue weighted by atomic mass is 9.89. The van der Waals surface area contributed by atoms with Gasteiger partial charge in [0.1, 0.15) is 5.69 Å². The van der Waals surface area contributed by atoms with Crippen molar-refractivity contribution in [3.8, 4) is 0 Å². The molecule has 0 saturated carbocycles. The molecule has 3 aliphatic rings. The van der Waals surface area contributed by atoms with E-state index in [0.717, 1.165) is 38.9 Å². The highest BCUT2D eigenvalue weighted by atomic mass is 16.5. The molecule has 2 amide bonds. The van der Waals surface area contributed by atoms with Crippen LogP contribution in [0, 0.1) is 0 Å². The molecule has 4 heterocycles. The zero-order chi connectivity index (χ0) is 18.9. The van der Waals surface area contributed by atoms with Gasteiger partial charge in [-0.1, -0.05) is 0 Å². The summed E-state index contributed by atoms with van der Waals surface area (Å²) in [4.78, 5) is 28.3. The topological polar surface area (TPSA) is 76.9 Å². The summed E-state index contributed by atoms with van der Waals surface area (Å²) in [7, 11) is 0. The van der Waals surface area contributed by atoms with Crippen LogP contribution in [0.3, 0.4) is 0 Å². The van der Waals surface area contributed by atoms with Crippen LogP contribution in [0.5, 0.6) is 0 Å². The molecule has 1 aromatic heterocycles. The first-order valence-electron chi connectivity index (χ1n) is 9.88. The monoisotopic (exact) mass is 376 g/mol. The number of hydrogen-bond acceptors (Lipinski definition) is 5. The van der Waals surface area contributed by atoms with Crippen molar-refractivity contribution in [2.24, 2.45) is 0 Å². The van der Waals surface area contributed by atoms with Gasteiger partial charge in [0, 0.05) is 46.0 Å². The minimum Gasteiger partial charge on any atom is -0.381 e. The smallest absolute Gasteiger partial charge is 0.274 e. The molecule has 1 spiro atoms. The van der Waals surface area contributed by atoms with Crippen molar-refractivity contribution in [1.82, 2.24) is 19.6 Å². The predicted molar refractivity (Wildman–Crippen MR) is 97.4 cm³/mol. The molecule has 8 heteroatoms. The summed E-state index contributed by atoms with van der Waals surface area (Å²) in [6, 6.07) is 2.13. The van der Waals surface area contributed by atoms with Crippen LogP contribution in [-0.4, -0.2) is 83.0 Å². The number of nitrogens with zero attached hydrogens (tertiary/aromatic N) is 4. The molecule has 1 aromatic rings. The first kappa shape index (κ1) is 18.4. The lowest BCUT2D eigenvalue weighted by Gasteiger charge is -2.47. The molecule has 148 valence electrons. The van der Waals surface area contributed by atoms with E-state index in [-0.39, 0.29) is 17.4 Å². The Morgan fingerprint density at radius 3 is 2.56 bits per heavy atom. The average molecular weight is 376 g/mol. The molecule has 0 aromatic carbocycles. The van der Waals surface area contributed by atoms with Gasteiger partial charge < -0.3 is 19.3 Å². The van der Waals surface area contributed by atoms with Gasteiger partial charge in [0.05, 0.1) is 24.8 Å². The second-order valence-corrected chi connectivity index (χ2v) is 7.79. The van der Waals surface area contributed by atoms with Gasteiger partial charge in [-0.15, -0.1) is 0 Å². The number of carbonyl (C=O) groups excluding carboxylic acids is 2. The molecule has 0 unspecified atom stereocenters. The largest absolute Gasteiger partial charge is 0.381 e. The molecule has 4 rings (SSSR count). The summed E-state index contributed by atoms with van der Waals surface area (Å²) in [6.07, 6.45) is 5.32. The lowest BCUT2D eigenvalue weighted by molar-refractivity contribution is -0.145. The van der Waals surface area contributed by atoms with Crippen molar-refractivity contribution >= 4 is 11.8 Å². The third-order valence-electron chi connectivity index (χ3n) is 6.05. The fourth-order valence-electron chi connectivity index (χ4n) is 4.32. The third kappa shape index (κ3) is 3.87. The molecule has 0 bridgehead atoms. The summed E-state index contributed by atoms with van der Waals surface area (Å²) in [6.45, 7) is 6.17. The molecule has 3 fully saturated rings. The summed E-state index contributed by atoms with van der Waals surface area (Å²) < 4.78 is 13.4. The Morgan fingerprint density at radius 2 is 1.85 bits per heavy atom. The van der Waals surface area contributed by atoms with Gasteiger partial charge in [0.2, 0.25) is 5.91 Å². The highest BCUT2D eigenvalue weighted by Crippen LogP contribution is 2.31. The van der Waals surface area contributed by atoms with Crippen molar-refractivity contribution in [3.05, 3.63) is 18.0 Å². The summed E-state index contributed by atoms with van der Waals surface area (Å²) >= 11 is 0. The van der Waals surface area contributed by atoms with Crippen LogP contribution in [0.2, 0.25) is 0 Å². The molecule has 3 saturated heterocycles. The van der Waals surface area contributed by atoms with E-state index >= 15 is 0 Å². The summed E-state index contributed by atoms with van der Waals surface area (Å²) in [5.41, 5.74) is 0.170. The van der Waals surface area contributed by atoms with Crippen molar-refractivity contribution < 1.29 is 19.1 Å². The van der Waals surface area contributed by atoms with Crippen LogP contribution in [0.1, 0.15) is 49.1 Å². The number of hydrogen-bond donors (Lipinski definition) is 0. The quantitative estimate of drug-likeness (QED) is 0.772. The van der Waals surface area contributed by atoms with Gasteiger partial charge in [-0.3, -0.25) is 14.3 Å². The molecule has 3 aliphatic heterocycles. The Bertz CT molecular complexity index is 690. The van der Waals surface area contributed by atoms with E-state index in [2.05, 4.69) is 5.10 Å². The Morgan fingerprint density at radius 1 is 1.11 bits per heavy atom. The maximum atomic E-state index is 13.0. The maximum absolute atomic E-state index is 13.0. The predicted octanol–water partition coefficient (Wildman–Crippen LogP) is 1.09. The minimum atomic E-state index is -0.330. The van der Waals surface area contributed by atoms with Crippen molar-refractivity contribution in [2.75, 3.05) is 46.0 Å². The second-order valence-electron chi connectivity index (χ2n) is 7.79. The number of carbonyl (C=O) groups is 2. The molecule has 0 radical (unpaired) electrons. The molecular weight excluding hydrogens is 348 g/mol. The summed E-state index contributed by atoms with van der Waals surface area (Å²) in [5.74, 6) is 0.0738. The van der Waals surface area contributed by atoms with Crippen molar-refractivity contribution in [2.45, 2.75) is 44.2 Å². The van der Waals surface area contributed by atoms with Gasteiger partial charge in [0.15, 0.2) is 0 Å². The normalized spacial score (nSPS) is 23.6. The van der Waals surface area contributed by atoms with Crippen LogP contribution < -0.4 is 0 Å². The number of amides is 2. The number of rotatable bonds is 2. The van der Waals surface area contributed by atoms with Crippen molar-refractivity contribution in [3.63, 3.8) is 0 Å². The van der Waals surface area contributed by atoms with E-state index in [4.69, 9.17) is 9.47 Å². The molecular formula is C19H28N4O4. The fraction of sp³-hybridized carbons (Fsp3) is 0.737. The number of piperidine rings is 1. The van der Waals surface area contributed by atoms with E-state index < -0.39 is 0 Å². The van der Waals surface area contributed by atoms with Crippen LogP contribution >= 0.6 is 0 Å². The van der Waals surface area contributed by atoms with Gasteiger partial charge in [-0.25, -0.2) is 0 Å². The Kier molecular flexibility index (Phi) is 5.19. The second kappa shape index (κ2) is 7.59. The number of likely N-dealkylation sites (tertiary alicyclic amines) is 1. The Labute approximate surface area is 159 Å². The molecule has 27 heavy (non-hydrogen) atoms. The van der Waals surface area contributed by atoms with E-state index in [1.165, 1.54) is 0 Å². The van der Waals surface area contributed by atoms with Gasteiger partial charge in [-0.2, -0.15) is 5.10 Å². The lowest BCUT2D eigenvalue weighted by Crippen LogP contribution is -2.58.